The van der Waals surface area contributed by atoms with Gasteiger partial charge in [0.1, 0.15) is 5.75 Å². The average molecular weight is 273 g/mol. The van der Waals surface area contributed by atoms with E-state index in [1.807, 2.05) is 32.0 Å². The number of likely N-dealkylation sites (N-methyl/N-ethyl adjacent to an activating group) is 1. The maximum absolute atomic E-state index is 12.0. The minimum absolute atomic E-state index is 0.0403. The Bertz CT molecular complexity index is 579. The average Bonchev–Trinajstić information content (AvgIpc) is 2.92. The minimum atomic E-state index is -0.0629. The minimum Gasteiger partial charge on any atom is -0.483 e. The molecule has 5 nitrogen and oxygen atoms in total. The van der Waals surface area contributed by atoms with Gasteiger partial charge < -0.3 is 9.64 Å². The zero-order valence-electron chi connectivity index (χ0n) is 12.0. The van der Waals surface area contributed by atoms with Gasteiger partial charge in [-0.25, -0.2) is 0 Å². The largest absolute Gasteiger partial charge is 0.483 e. The maximum atomic E-state index is 12.0. The summed E-state index contributed by atoms with van der Waals surface area (Å²) in [5.74, 6) is 0.696. The first-order valence-electron chi connectivity index (χ1n) is 6.48. The number of aryl methyl sites for hydroxylation is 2. The number of aromatic nitrogens is 2. The van der Waals surface area contributed by atoms with Crippen LogP contribution >= 0.6 is 0 Å². The second kappa shape index (κ2) is 6.23. The molecule has 0 saturated heterocycles. The highest BCUT2D eigenvalue weighted by molar-refractivity contribution is 5.77. The monoisotopic (exact) mass is 273 g/mol. The molecule has 0 spiro atoms. The van der Waals surface area contributed by atoms with E-state index < -0.39 is 0 Å². The van der Waals surface area contributed by atoms with Gasteiger partial charge in [0.15, 0.2) is 6.61 Å². The Balaban J connectivity index is 1.89. The molecule has 0 aliphatic heterocycles. The summed E-state index contributed by atoms with van der Waals surface area (Å²) < 4.78 is 5.61. The van der Waals surface area contributed by atoms with E-state index in [9.17, 15) is 4.79 Å². The van der Waals surface area contributed by atoms with Crippen LogP contribution in [0.5, 0.6) is 5.75 Å². The van der Waals surface area contributed by atoms with Crippen LogP contribution in [0.15, 0.2) is 30.6 Å². The summed E-state index contributed by atoms with van der Waals surface area (Å²) in [7, 11) is 1.75. The van der Waals surface area contributed by atoms with Crippen molar-refractivity contribution in [1.82, 2.24) is 15.1 Å². The van der Waals surface area contributed by atoms with Gasteiger partial charge in [-0.2, -0.15) is 5.10 Å². The van der Waals surface area contributed by atoms with E-state index in [-0.39, 0.29) is 12.5 Å². The summed E-state index contributed by atoms with van der Waals surface area (Å²) in [4.78, 5) is 13.6. The topological polar surface area (TPSA) is 58.2 Å². The quantitative estimate of drug-likeness (QED) is 0.907. The Kier molecular flexibility index (Phi) is 4.40. The number of H-pyrrole nitrogens is 1. The molecule has 2 rings (SSSR count). The number of nitrogens with one attached hydrogen (secondary N) is 1. The smallest absolute Gasteiger partial charge is 0.260 e. The Hall–Kier alpha value is -2.30. The molecule has 20 heavy (non-hydrogen) atoms. The molecule has 0 bridgehead atoms. The Labute approximate surface area is 118 Å². The summed E-state index contributed by atoms with van der Waals surface area (Å²) in [6.07, 6.45) is 3.48. The van der Waals surface area contributed by atoms with Crippen molar-refractivity contribution in [3.8, 4) is 5.75 Å². The van der Waals surface area contributed by atoms with Crippen molar-refractivity contribution in [3.05, 3.63) is 47.3 Å². The van der Waals surface area contributed by atoms with E-state index >= 15 is 0 Å². The van der Waals surface area contributed by atoms with E-state index in [0.717, 1.165) is 22.4 Å². The van der Waals surface area contributed by atoms with Crippen LogP contribution in [0, 0.1) is 13.8 Å². The van der Waals surface area contributed by atoms with Crippen LogP contribution in [0.4, 0.5) is 0 Å². The molecule has 1 aromatic carbocycles. The van der Waals surface area contributed by atoms with E-state index in [0.29, 0.717) is 6.54 Å². The van der Waals surface area contributed by atoms with E-state index in [1.165, 1.54) is 0 Å². The molecule has 0 aliphatic rings. The molecule has 2 aromatic rings. The number of carbonyl (C=O) groups excluding carboxylic acids is 1. The van der Waals surface area contributed by atoms with Gasteiger partial charge in [-0.3, -0.25) is 9.89 Å². The van der Waals surface area contributed by atoms with Gasteiger partial charge in [-0.1, -0.05) is 12.1 Å². The van der Waals surface area contributed by atoms with Crippen molar-refractivity contribution in [3.63, 3.8) is 0 Å². The number of aromatic amines is 1. The summed E-state index contributed by atoms with van der Waals surface area (Å²) in [6, 6.07) is 5.96. The molecular formula is C15H19N3O2. The molecule has 0 atom stereocenters. The van der Waals surface area contributed by atoms with E-state index in [2.05, 4.69) is 10.2 Å². The van der Waals surface area contributed by atoms with Gasteiger partial charge in [-0.15, -0.1) is 0 Å². The van der Waals surface area contributed by atoms with Gasteiger partial charge >= 0.3 is 0 Å². The van der Waals surface area contributed by atoms with Gasteiger partial charge in [0.2, 0.25) is 0 Å². The molecular weight excluding hydrogens is 254 g/mol. The second-order valence-corrected chi connectivity index (χ2v) is 4.91. The summed E-state index contributed by atoms with van der Waals surface area (Å²) >= 11 is 0. The van der Waals surface area contributed by atoms with E-state index in [1.54, 1.807) is 24.3 Å². The fourth-order valence-corrected chi connectivity index (χ4v) is 1.84. The van der Waals surface area contributed by atoms with Crippen LogP contribution in [0.1, 0.15) is 16.7 Å². The molecule has 0 fully saturated rings. The third-order valence-corrected chi connectivity index (χ3v) is 3.10. The van der Waals surface area contributed by atoms with Crippen molar-refractivity contribution < 1.29 is 9.53 Å². The molecule has 5 heteroatoms. The zero-order chi connectivity index (χ0) is 14.5. The second-order valence-electron chi connectivity index (χ2n) is 4.91. The number of ether oxygens (including phenoxy) is 1. The predicted octanol–water partition coefficient (Wildman–Crippen LogP) is 2.06. The fourth-order valence-electron chi connectivity index (χ4n) is 1.84. The van der Waals surface area contributed by atoms with Crippen LogP contribution in [0.25, 0.3) is 0 Å². The fraction of sp³-hybridized carbons (Fsp3) is 0.333. The molecule has 1 aromatic heterocycles. The molecule has 1 N–H and O–H groups in total. The van der Waals surface area contributed by atoms with Crippen LogP contribution in [0.3, 0.4) is 0 Å². The Morgan fingerprint density at radius 2 is 2.20 bits per heavy atom. The van der Waals surface area contributed by atoms with Crippen LogP contribution in [-0.2, 0) is 11.3 Å². The predicted molar refractivity (Wildman–Crippen MR) is 76.5 cm³/mol. The molecule has 0 radical (unpaired) electrons. The van der Waals surface area contributed by atoms with Gasteiger partial charge in [0.05, 0.1) is 6.20 Å². The third kappa shape index (κ3) is 3.60. The number of hydrogen-bond donors (Lipinski definition) is 1. The first kappa shape index (κ1) is 14.1. The SMILES string of the molecule is Cc1ccc(C)c(OCC(=O)N(C)Cc2cn[nH]c2)c1. The standard InChI is InChI=1S/C15H19N3O2/c1-11-4-5-12(2)14(6-11)20-10-15(19)18(3)9-13-7-16-17-8-13/h4-8H,9-10H2,1-3H3,(H,16,17). The number of hydrogen-bond acceptors (Lipinski definition) is 3. The molecule has 1 amide bonds. The molecule has 0 saturated carbocycles. The van der Waals surface area contributed by atoms with Crippen molar-refractivity contribution in [2.45, 2.75) is 20.4 Å². The zero-order valence-corrected chi connectivity index (χ0v) is 12.0. The number of benzene rings is 1. The first-order valence-corrected chi connectivity index (χ1v) is 6.48. The van der Waals surface area contributed by atoms with E-state index in [4.69, 9.17) is 4.74 Å². The maximum Gasteiger partial charge on any atom is 0.260 e. The Morgan fingerprint density at radius 1 is 1.40 bits per heavy atom. The molecule has 0 unspecified atom stereocenters. The number of carbonyl (C=O) groups is 1. The highest BCUT2D eigenvalue weighted by Gasteiger charge is 2.11. The normalized spacial score (nSPS) is 10.3. The van der Waals surface area contributed by atoms with Crippen LogP contribution in [0.2, 0.25) is 0 Å². The summed E-state index contributed by atoms with van der Waals surface area (Å²) in [6.45, 7) is 4.53. The lowest BCUT2D eigenvalue weighted by Gasteiger charge is -2.17. The van der Waals surface area contributed by atoms with Crippen LogP contribution < -0.4 is 4.74 Å². The summed E-state index contributed by atoms with van der Waals surface area (Å²) in [5, 5.41) is 6.58. The number of amides is 1. The molecule has 0 aliphatic carbocycles. The van der Waals surface area contributed by atoms with Gasteiger partial charge in [0.25, 0.3) is 5.91 Å². The third-order valence-electron chi connectivity index (χ3n) is 3.10. The highest BCUT2D eigenvalue weighted by Crippen LogP contribution is 2.19. The summed E-state index contributed by atoms with van der Waals surface area (Å²) in [5.41, 5.74) is 3.11. The van der Waals surface area contributed by atoms with Crippen molar-refractivity contribution >= 4 is 5.91 Å². The van der Waals surface area contributed by atoms with Crippen molar-refractivity contribution in [2.24, 2.45) is 0 Å². The van der Waals surface area contributed by atoms with Crippen LogP contribution in [-0.4, -0.2) is 34.7 Å². The highest BCUT2D eigenvalue weighted by atomic mass is 16.5. The first-order chi connectivity index (χ1) is 9.56. The Morgan fingerprint density at radius 3 is 2.90 bits per heavy atom. The number of rotatable bonds is 5. The van der Waals surface area contributed by atoms with Gasteiger partial charge in [0, 0.05) is 25.4 Å². The number of nitrogens with zero attached hydrogens (tertiary/aromatic N) is 2. The lowest BCUT2D eigenvalue weighted by molar-refractivity contribution is -0.132. The van der Waals surface area contributed by atoms with Crippen molar-refractivity contribution in [2.75, 3.05) is 13.7 Å². The van der Waals surface area contributed by atoms with Crippen molar-refractivity contribution in [1.29, 1.82) is 0 Å². The molecule has 1 heterocycles. The molecule has 106 valence electrons. The van der Waals surface area contributed by atoms with Gasteiger partial charge in [-0.05, 0) is 31.0 Å². The lowest BCUT2D eigenvalue weighted by Crippen LogP contribution is -2.30. The lowest BCUT2D eigenvalue weighted by atomic mass is 10.1.